The monoisotopic (exact) mass is 247 g/mol. The molecule has 0 saturated carbocycles. The zero-order valence-electron chi connectivity index (χ0n) is 10.7. The summed E-state index contributed by atoms with van der Waals surface area (Å²) in [6.07, 6.45) is 5.00. The molecule has 0 aliphatic rings. The lowest BCUT2D eigenvalue weighted by atomic mass is 10.5. The normalized spacial score (nSPS) is 11.8. The SMILES string of the molecule is CCN(c1cnc2cncnc2n1)[Si](C)(C)C. The van der Waals surface area contributed by atoms with E-state index in [1.54, 1.807) is 6.20 Å². The number of rotatable bonds is 3. The minimum Gasteiger partial charge on any atom is -0.382 e. The predicted octanol–water partition coefficient (Wildman–Crippen LogP) is 2.08. The van der Waals surface area contributed by atoms with Crippen molar-refractivity contribution in [2.24, 2.45) is 0 Å². The molecule has 2 aromatic heterocycles. The summed E-state index contributed by atoms with van der Waals surface area (Å²) in [6, 6.07) is 0. The molecule has 17 heavy (non-hydrogen) atoms. The van der Waals surface area contributed by atoms with Gasteiger partial charge in [-0.15, -0.1) is 0 Å². The summed E-state index contributed by atoms with van der Waals surface area (Å²) in [4.78, 5) is 17.0. The first kappa shape index (κ1) is 11.9. The molecule has 2 aromatic rings. The van der Waals surface area contributed by atoms with Crippen LogP contribution in [0.5, 0.6) is 0 Å². The van der Waals surface area contributed by atoms with Gasteiger partial charge in [0.1, 0.15) is 25.9 Å². The van der Waals surface area contributed by atoms with Crippen molar-refractivity contribution in [1.82, 2.24) is 19.9 Å². The van der Waals surface area contributed by atoms with E-state index in [0.717, 1.165) is 17.9 Å². The Bertz CT molecular complexity index is 522. The Balaban J connectivity index is 2.48. The summed E-state index contributed by atoms with van der Waals surface area (Å²) in [7, 11) is -1.43. The molecule has 2 rings (SSSR count). The molecule has 0 N–H and O–H groups in total. The molecule has 0 radical (unpaired) electrons. The standard InChI is InChI=1S/C11H17N5Si/c1-5-16(17(2,3)4)10-7-13-9-6-12-8-14-11(9)15-10/h6-8H,5H2,1-4H3. The molecule has 0 aromatic carbocycles. The van der Waals surface area contributed by atoms with Crippen LogP contribution < -0.4 is 4.57 Å². The van der Waals surface area contributed by atoms with E-state index in [0.29, 0.717) is 5.65 Å². The van der Waals surface area contributed by atoms with Gasteiger partial charge in [0.2, 0.25) is 0 Å². The Labute approximate surface area is 102 Å². The minimum absolute atomic E-state index is 0.661. The molecule has 5 nitrogen and oxygen atoms in total. The molecule has 0 fully saturated rings. The number of fused-ring (bicyclic) bond motifs is 1. The van der Waals surface area contributed by atoms with Crippen LogP contribution in [0.25, 0.3) is 11.2 Å². The van der Waals surface area contributed by atoms with Crippen molar-refractivity contribution in [1.29, 1.82) is 0 Å². The van der Waals surface area contributed by atoms with Gasteiger partial charge in [-0.2, -0.15) is 0 Å². The zero-order valence-corrected chi connectivity index (χ0v) is 11.7. The van der Waals surface area contributed by atoms with Crippen LogP contribution in [0.3, 0.4) is 0 Å². The third-order valence-corrected chi connectivity index (χ3v) is 4.78. The molecule has 0 aliphatic heterocycles. The molecule has 90 valence electrons. The van der Waals surface area contributed by atoms with Gasteiger partial charge in [0.05, 0.1) is 12.4 Å². The van der Waals surface area contributed by atoms with Crippen LogP contribution in [0.15, 0.2) is 18.7 Å². The molecule has 0 spiro atoms. The first-order valence-corrected chi connectivity index (χ1v) is 9.17. The molecule has 0 saturated heterocycles. The third kappa shape index (κ3) is 2.41. The summed E-state index contributed by atoms with van der Waals surface area (Å²) < 4.78 is 2.33. The van der Waals surface area contributed by atoms with Crippen molar-refractivity contribution in [3.63, 3.8) is 0 Å². The summed E-state index contributed by atoms with van der Waals surface area (Å²) in [6.45, 7) is 9.97. The second-order valence-electron chi connectivity index (χ2n) is 4.87. The van der Waals surface area contributed by atoms with E-state index in [4.69, 9.17) is 0 Å². The van der Waals surface area contributed by atoms with Crippen LogP contribution in [0, 0.1) is 0 Å². The summed E-state index contributed by atoms with van der Waals surface area (Å²) in [5.41, 5.74) is 1.40. The van der Waals surface area contributed by atoms with Gasteiger partial charge in [0.25, 0.3) is 0 Å². The third-order valence-electron chi connectivity index (χ3n) is 2.61. The highest BCUT2D eigenvalue weighted by atomic mass is 28.3. The summed E-state index contributed by atoms with van der Waals surface area (Å²) in [5, 5.41) is 0. The number of aromatic nitrogens is 4. The van der Waals surface area contributed by atoms with Crippen molar-refractivity contribution in [2.45, 2.75) is 26.6 Å². The van der Waals surface area contributed by atoms with Crippen LogP contribution >= 0.6 is 0 Å². The Morgan fingerprint density at radius 1 is 1.18 bits per heavy atom. The van der Waals surface area contributed by atoms with Crippen LogP contribution in [0.2, 0.25) is 19.6 Å². The highest BCUT2D eigenvalue weighted by Crippen LogP contribution is 2.19. The van der Waals surface area contributed by atoms with E-state index in [9.17, 15) is 0 Å². The number of nitrogens with zero attached hydrogens (tertiary/aromatic N) is 5. The van der Waals surface area contributed by atoms with Gasteiger partial charge in [0.15, 0.2) is 5.65 Å². The van der Waals surface area contributed by atoms with E-state index in [2.05, 4.69) is 51.1 Å². The number of anilines is 1. The maximum atomic E-state index is 4.56. The molecule has 0 unspecified atom stereocenters. The van der Waals surface area contributed by atoms with Crippen LogP contribution in [0.1, 0.15) is 6.92 Å². The fourth-order valence-corrected chi connectivity index (χ4v) is 3.61. The Kier molecular flexibility index (Phi) is 3.06. The average molecular weight is 247 g/mol. The van der Waals surface area contributed by atoms with Crippen molar-refractivity contribution < 1.29 is 0 Å². The molecular formula is C11H17N5Si. The highest BCUT2D eigenvalue weighted by Gasteiger charge is 2.24. The van der Waals surface area contributed by atoms with Crippen molar-refractivity contribution in [2.75, 3.05) is 11.1 Å². The maximum absolute atomic E-state index is 4.56. The van der Waals surface area contributed by atoms with E-state index in [1.165, 1.54) is 6.33 Å². The zero-order chi connectivity index (χ0) is 12.5. The van der Waals surface area contributed by atoms with Crippen molar-refractivity contribution in [3.8, 4) is 0 Å². The first-order valence-electron chi connectivity index (χ1n) is 5.73. The average Bonchev–Trinajstić information content (AvgIpc) is 2.28. The maximum Gasteiger partial charge on any atom is 0.183 e. The van der Waals surface area contributed by atoms with Gasteiger partial charge in [-0.25, -0.2) is 19.9 Å². The largest absolute Gasteiger partial charge is 0.382 e. The highest BCUT2D eigenvalue weighted by molar-refractivity contribution is 6.79. The number of hydrogen-bond donors (Lipinski definition) is 0. The van der Waals surface area contributed by atoms with Gasteiger partial charge < -0.3 is 4.57 Å². The minimum atomic E-state index is -1.43. The molecular weight excluding hydrogens is 230 g/mol. The van der Waals surface area contributed by atoms with E-state index >= 15 is 0 Å². The molecule has 0 amide bonds. The second kappa shape index (κ2) is 4.36. The van der Waals surface area contributed by atoms with E-state index < -0.39 is 8.24 Å². The van der Waals surface area contributed by atoms with Crippen molar-refractivity contribution >= 4 is 25.2 Å². The fraction of sp³-hybridized carbons (Fsp3) is 0.455. The van der Waals surface area contributed by atoms with Gasteiger partial charge >= 0.3 is 0 Å². The topological polar surface area (TPSA) is 54.8 Å². The summed E-state index contributed by atoms with van der Waals surface area (Å²) >= 11 is 0. The predicted molar refractivity (Wildman–Crippen MR) is 71.5 cm³/mol. The second-order valence-corrected chi connectivity index (χ2v) is 9.76. The molecule has 6 heteroatoms. The molecule has 0 aliphatic carbocycles. The van der Waals surface area contributed by atoms with Gasteiger partial charge in [0, 0.05) is 6.54 Å². The summed E-state index contributed by atoms with van der Waals surface area (Å²) in [5.74, 6) is 0.915. The molecule has 2 heterocycles. The van der Waals surface area contributed by atoms with Gasteiger partial charge in [-0.05, 0) is 6.92 Å². The van der Waals surface area contributed by atoms with E-state index in [-0.39, 0.29) is 0 Å². The number of hydrogen-bond acceptors (Lipinski definition) is 5. The lowest BCUT2D eigenvalue weighted by Crippen LogP contribution is -2.46. The molecule has 0 atom stereocenters. The lowest BCUT2D eigenvalue weighted by molar-refractivity contribution is 1.01. The Hall–Kier alpha value is -1.56. The smallest absolute Gasteiger partial charge is 0.183 e. The Morgan fingerprint density at radius 2 is 1.94 bits per heavy atom. The van der Waals surface area contributed by atoms with Gasteiger partial charge in [-0.1, -0.05) is 19.6 Å². The van der Waals surface area contributed by atoms with Crippen molar-refractivity contribution in [3.05, 3.63) is 18.7 Å². The Morgan fingerprint density at radius 3 is 2.59 bits per heavy atom. The van der Waals surface area contributed by atoms with Crippen LogP contribution in [-0.4, -0.2) is 34.7 Å². The van der Waals surface area contributed by atoms with Crippen LogP contribution in [0.4, 0.5) is 5.82 Å². The lowest BCUT2D eigenvalue weighted by Gasteiger charge is -2.33. The first-order chi connectivity index (χ1) is 8.02. The van der Waals surface area contributed by atoms with Crippen LogP contribution in [-0.2, 0) is 0 Å². The van der Waals surface area contributed by atoms with Gasteiger partial charge in [-0.3, -0.25) is 0 Å². The fourth-order valence-electron chi connectivity index (χ4n) is 1.87. The molecule has 0 bridgehead atoms. The van der Waals surface area contributed by atoms with E-state index in [1.807, 2.05) is 6.20 Å². The quantitative estimate of drug-likeness (QED) is 0.777.